The van der Waals surface area contributed by atoms with Gasteiger partial charge < -0.3 is 0 Å². The van der Waals surface area contributed by atoms with Crippen LogP contribution in [0.4, 0.5) is 0 Å². The second kappa shape index (κ2) is 2.29. The average molecular weight is 152 g/mol. The SMILES string of the molecule is CC1=CC(C)(C)C(=O)CC1=O. The first-order valence-corrected chi connectivity index (χ1v) is 3.69. The van der Waals surface area contributed by atoms with Crippen molar-refractivity contribution in [3.05, 3.63) is 11.6 Å². The maximum absolute atomic E-state index is 11.2. The quantitative estimate of drug-likeness (QED) is 0.493. The number of ketones is 2. The van der Waals surface area contributed by atoms with Crippen LogP contribution in [-0.4, -0.2) is 11.6 Å². The van der Waals surface area contributed by atoms with Crippen molar-refractivity contribution in [1.82, 2.24) is 0 Å². The predicted molar refractivity (Wildman–Crippen MR) is 42.2 cm³/mol. The minimum Gasteiger partial charge on any atom is -0.298 e. The van der Waals surface area contributed by atoms with Gasteiger partial charge in [0.15, 0.2) is 5.78 Å². The summed E-state index contributed by atoms with van der Waals surface area (Å²) in [6.45, 7) is 5.44. The second-order valence-corrected chi connectivity index (χ2v) is 3.57. The number of Topliss-reactive ketones (excluding diaryl/α,β-unsaturated/α-hetero) is 2. The van der Waals surface area contributed by atoms with Crippen molar-refractivity contribution < 1.29 is 9.59 Å². The van der Waals surface area contributed by atoms with Crippen molar-refractivity contribution >= 4 is 11.6 Å². The van der Waals surface area contributed by atoms with Gasteiger partial charge in [-0.25, -0.2) is 0 Å². The van der Waals surface area contributed by atoms with Gasteiger partial charge in [-0.05, 0) is 26.3 Å². The Morgan fingerprint density at radius 2 is 1.91 bits per heavy atom. The maximum atomic E-state index is 11.2. The lowest BCUT2D eigenvalue weighted by Gasteiger charge is -2.23. The molecule has 0 saturated heterocycles. The Balaban J connectivity index is 3.06. The van der Waals surface area contributed by atoms with Crippen LogP contribution in [0.1, 0.15) is 27.2 Å². The molecule has 0 saturated carbocycles. The Morgan fingerprint density at radius 3 is 2.36 bits per heavy atom. The molecular weight excluding hydrogens is 140 g/mol. The molecule has 0 heterocycles. The molecule has 2 nitrogen and oxygen atoms in total. The van der Waals surface area contributed by atoms with E-state index in [0.29, 0.717) is 0 Å². The fraction of sp³-hybridized carbons (Fsp3) is 0.556. The third-order valence-corrected chi connectivity index (χ3v) is 2.06. The standard InChI is InChI=1S/C9H12O2/c1-6-5-9(2,3)8(11)4-7(6)10/h5H,4H2,1-3H3. The molecule has 0 fully saturated rings. The van der Waals surface area contributed by atoms with Crippen LogP contribution in [-0.2, 0) is 9.59 Å². The van der Waals surface area contributed by atoms with Crippen molar-refractivity contribution in [2.24, 2.45) is 5.41 Å². The third-order valence-electron chi connectivity index (χ3n) is 2.06. The van der Waals surface area contributed by atoms with Crippen molar-refractivity contribution in [2.45, 2.75) is 27.2 Å². The second-order valence-electron chi connectivity index (χ2n) is 3.57. The molecule has 0 unspecified atom stereocenters. The molecule has 2 heteroatoms. The van der Waals surface area contributed by atoms with Crippen LogP contribution in [0.15, 0.2) is 11.6 Å². The maximum Gasteiger partial charge on any atom is 0.165 e. The lowest BCUT2D eigenvalue weighted by Crippen LogP contribution is -2.29. The van der Waals surface area contributed by atoms with Gasteiger partial charge in [-0.1, -0.05) is 6.08 Å². The smallest absolute Gasteiger partial charge is 0.165 e. The van der Waals surface area contributed by atoms with Crippen LogP contribution in [0.3, 0.4) is 0 Å². The number of carbonyl (C=O) groups is 2. The zero-order valence-electron chi connectivity index (χ0n) is 7.10. The normalized spacial score (nSPS) is 23.4. The summed E-state index contributed by atoms with van der Waals surface area (Å²) in [5, 5.41) is 0. The summed E-state index contributed by atoms with van der Waals surface area (Å²) in [6.07, 6.45) is 1.83. The van der Waals surface area contributed by atoms with Gasteiger partial charge in [0, 0.05) is 5.41 Å². The topological polar surface area (TPSA) is 34.1 Å². The molecule has 0 N–H and O–H groups in total. The van der Waals surface area contributed by atoms with Crippen LogP contribution < -0.4 is 0 Å². The van der Waals surface area contributed by atoms with Gasteiger partial charge in [-0.15, -0.1) is 0 Å². The summed E-state index contributed by atoms with van der Waals surface area (Å²) in [5.41, 5.74) is 0.285. The Labute approximate surface area is 66.3 Å². The van der Waals surface area contributed by atoms with E-state index in [1.54, 1.807) is 13.0 Å². The molecule has 0 atom stereocenters. The Hall–Kier alpha value is -0.920. The first kappa shape index (κ1) is 8.18. The van der Waals surface area contributed by atoms with E-state index in [9.17, 15) is 9.59 Å². The van der Waals surface area contributed by atoms with Crippen LogP contribution in [0.5, 0.6) is 0 Å². The molecule has 1 aliphatic rings. The minimum atomic E-state index is -0.433. The van der Waals surface area contributed by atoms with E-state index in [2.05, 4.69) is 0 Å². The lowest BCUT2D eigenvalue weighted by molar-refractivity contribution is -0.130. The molecule has 1 aliphatic carbocycles. The van der Waals surface area contributed by atoms with Crippen LogP contribution >= 0.6 is 0 Å². The van der Waals surface area contributed by atoms with E-state index in [4.69, 9.17) is 0 Å². The van der Waals surface area contributed by atoms with Gasteiger partial charge in [0.2, 0.25) is 0 Å². The predicted octanol–water partition coefficient (Wildman–Crippen LogP) is 1.50. The molecule has 0 aliphatic heterocycles. The number of hydrogen-bond acceptors (Lipinski definition) is 2. The Morgan fingerprint density at radius 1 is 1.36 bits per heavy atom. The first-order chi connectivity index (χ1) is 4.93. The monoisotopic (exact) mass is 152 g/mol. The number of allylic oxidation sites excluding steroid dienone is 2. The van der Waals surface area contributed by atoms with Gasteiger partial charge in [-0.2, -0.15) is 0 Å². The average Bonchev–Trinajstić information content (AvgIpc) is 1.83. The van der Waals surface area contributed by atoms with Crippen LogP contribution in [0.2, 0.25) is 0 Å². The lowest BCUT2D eigenvalue weighted by atomic mass is 9.78. The van der Waals surface area contributed by atoms with Crippen molar-refractivity contribution in [1.29, 1.82) is 0 Å². The molecule has 0 radical (unpaired) electrons. The highest BCUT2D eigenvalue weighted by molar-refractivity contribution is 6.12. The summed E-state index contributed by atoms with van der Waals surface area (Å²) in [7, 11) is 0. The minimum absolute atomic E-state index is 0.0214. The fourth-order valence-electron chi connectivity index (χ4n) is 1.22. The fourth-order valence-corrected chi connectivity index (χ4v) is 1.22. The molecule has 1 rings (SSSR count). The molecule has 0 amide bonds. The number of carbonyl (C=O) groups excluding carboxylic acids is 2. The highest BCUT2D eigenvalue weighted by atomic mass is 16.1. The molecule has 11 heavy (non-hydrogen) atoms. The summed E-state index contributed by atoms with van der Waals surface area (Å²) >= 11 is 0. The largest absolute Gasteiger partial charge is 0.298 e. The van der Waals surface area contributed by atoms with Crippen molar-refractivity contribution in [2.75, 3.05) is 0 Å². The van der Waals surface area contributed by atoms with E-state index >= 15 is 0 Å². The molecule has 0 aromatic rings. The van der Waals surface area contributed by atoms with E-state index in [1.807, 2.05) is 13.8 Å². The molecule has 0 spiro atoms. The molecular formula is C9H12O2. The van der Waals surface area contributed by atoms with Gasteiger partial charge in [0.05, 0.1) is 6.42 Å². The molecule has 60 valence electrons. The van der Waals surface area contributed by atoms with Crippen LogP contribution in [0, 0.1) is 5.41 Å². The number of hydrogen-bond donors (Lipinski definition) is 0. The highest BCUT2D eigenvalue weighted by Gasteiger charge is 2.31. The van der Waals surface area contributed by atoms with Gasteiger partial charge in [0.25, 0.3) is 0 Å². The van der Waals surface area contributed by atoms with Crippen molar-refractivity contribution in [3.8, 4) is 0 Å². The summed E-state index contributed by atoms with van der Waals surface area (Å²) in [4.78, 5) is 22.2. The Kier molecular flexibility index (Phi) is 1.70. The molecule has 0 bridgehead atoms. The van der Waals surface area contributed by atoms with E-state index in [0.717, 1.165) is 5.57 Å². The van der Waals surface area contributed by atoms with Gasteiger partial charge in [0.1, 0.15) is 5.78 Å². The van der Waals surface area contributed by atoms with Gasteiger partial charge in [-0.3, -0.25) is 9.59 Å². The zero-order valence-corrected chi connectivity index (χ0v) is 7.10. The first-order valence-electron chi connectivity index (χ1n) is 3.69. The van der Waals surface area contributed by atoms with E-state index < -0.39 is 5.41 Å². The third kappa shape index (κ3) is 1.39. The molecule has 0 aromatic heterocycles. The van der Waals surface area contributed by atoms with E-state index in [-0.39, 0.29) is 18.0 Å². The van der Waals surface area contributed by atoms with E-state index in [1.165, 1.54) is 0 Å². The van der Waals surface area contributed by atoms with Crippen molar-refractivity contribution in [3.63, 3.8) is 0 Å². The van der Waals surface area contributed by atoms with Crippen LogP contribution in [0.25, 0.3) is 0 Å². The highest BCUT2D eigenvalue weighted by Crippen LogP contribution is 2.27. The molecule has 0 aromatic carbocycles. The van der Waals surface area contributed by atoms with Gasteiger partial charge >= 0.3 is 0 Å². The summed E-state index contributed by atoms with van der Waals surface area (Å²) in [5.74, 6) is -0.0116. The Bertz CT molecular complexity index is 246. The zero-order chi connectivity index (χ0) is 8.65. The number of rotatable bonds is 0. The summed E-state index contributed by atoms with van der Waals surface area (Å²) in [6, 6.07) is 0. The summed E-state index contributed by atoms with van der Waals surface area (Å²) < 4.78 is 0.